The SMILES string of the molecule is [CH2]CNc1nc(NCc2ccc(Cl)c(Cl)c2)ccc1[N+](=O)[O-]. The fourth-order valence-corrected chi connectivity index (χ4v) is 2.11. The van der Waals surface area contributed by atoms with Crippen molar-refractivity contribution in [2.75, 3.05) is 17.2 Å². The first-order valence-electron chi connectivity index (χ1n) is 6.37. The molecule has 0 atom stereocenters. The summed E-state index contributed by atoms with van der Waals surface area (Å²) < 4.78 is 0. The second-order valence-corrected chi connectivity index (χ2v) is 5.16. The van der Waals surface area contributed by atoms with Gasteiger partial charge in [0, 0.05) is 19.2 Å². The van der Waals surface area contributed by atoms with E-state index in [0.29, 0.717) is 29.0 Å². The van der Waals surface area contributed by atoms with E-state index in [1.165, 1.54) is 6.07 Å². The first-order chi connectivity index (χ1) is 10.5. The van der Waals surface area contributed by atoms with Crippen molar-refractivity contribution in [1.82, 2.24) is 4.98 Å². The fourth-order valence-electron chi connectivity index (χ4n) is 1.79. The number of anilines is 2. The number of pyridine rings is 1. The number of nitrogens with one attached hydrogen (secondary N) is 2. The van der Waals surface area contributed by atoms with Gasteiger partial charge in [-0.15, -0.1) is 0 Å². The van der Waals surface area contributed by atoms with Gasteiger partial charge in [0.25, 0.3) is 0 Å². The highest BCUT2D eigenvalue weighted by atomic mass is 35.5. The number of nitrogens with zero attached hydrogens (tertiary/aromatic N) is 2. The Morgan fingerprint density at radius 2 is 1.95 bits per heavy atom. The molecular weight excluding hydrogens is 327 g/mol. The molecule has 0 aliphatic heterocycles. The standard InChI is InChI=1S/C14H13Cl2N4O2/c1-2-17-14-12(20(21)22)5-6-13(19-14)18-8-9-3-4-10(15)11(16)7-9/h3-7H,1-2,8H2,(H2,17,18,19). The van der Waals surface area contributed by atoms with Gasteiger partial charge >= 0.3 is 5.69 Å². The molecule has 0 bridgehead atoms. The summed E-state index contributed by atoms with van der Waals surface area (Å²) >= 11 is 11.8. The van der Waals surface area contributed by atoms with Crippen LogP contribution in [0.1, 0.15) is 5.56 Å². The summed E-state index contributed by atoms with van der Waals surface area (Å²) in [5.74, 6) is 0.687. The second-order valence-electron chi connectivity index (χ2n) is 4.35. The second kappa shape index (κ2) is 7.29. The molecule has 1 radical (unpaired) electrons. The zero-order valence-corrected chi connectivity index (χ0v) is 13.0. The average molecular weight is 340 g/mol. The third-order valence-electron chi connectivity index (χ3n) is 2.82. The number of aromatic nitrogens is 1. The lowest BCUT2D eigenvalue weighted by Crippen LogP contribution is -2.07. The number of hydrogen-bond acceptors (Lipinski definition) is 5. The smallest absolute Gasteiger partial charge is 0.311 e. The van der Waals surface area contributed by atoms with Crippen molar-refractivity contribution in [2.24, 2.45) is 0 Å². The van der Waals surface area contributed by atoms with Crippen LogP contribution in [0.15, 0.2) is 30.3 Å². The van der Waals surface area contributed by atoms with Crippen LogP contribution in [0.4, 0.5) is 17.3 Å². The number of nitro groups is 1. The van der Waals surface area contributed by atoms with Gasteiger partial charge in [-0.2, -0.15) is 0 Å². The Kier molecular flexibility index (Phi) is 5.41. The molecule has 0 unspecified atom stereocenters. The van der Waals surface area contributed by atoms with Gasteiger partial charge in [0.2, 0.25) is 5.82 Å². The van der Waals surface area contributed by atoms with E-state index in [1.807, 2.05) is 6.07 Å². The van der Waals surface area contributed by atoms with E-state index in [0.717, 1.165) is 5.56 Å². The van der Waals surface area contributed by atoms with Crippen LogP contribution in [0.2, 0.25) is 10.0 Å². The average Bonchev–Trinajstić information content (AvgIpc) is 2.49. The molecule has 0 amide bonds. The first-order valence-corrected chi connectivity index (χ1v) is 7.13. The van der Waals surface area contributed by atoms with Gasteiger partial charge < -0.3 is 10.6 Å². The molecule has 1 aromatic heterocycles. The van der Waals surface area contributed by atoms with Gasteiger partial charge in [-0.1, -0.05) is 29.3 Å². The van der Waals surface area contributed by atoms with Crippen molar-refractivity contribution < 1.29 is 4.92 Å². The quantitative estimate of drug-likeness (QED) is 0.610. The Bertz CT molecular complexity index is 695. The molecule has 0 saturated heterocycles. The molecule has 0 saturated carbocycles. The van der Waals surface area contributed by atoms with E-state index in [1.54, 1.807) is 18.2 Å². The summed E-state index contributed by atoms with van der Waals surface area (Å²) in [5.41, 5.74) is 0.824. The van der Waals surface area contributed by atoms with Crippen LogP contribution >= 0.6 is 23.2 Å². The van der Waals surface area contributed by atoms with Crippen LogP contribution in [0.25, 0.3) is 0 Å². The Labute approximate surface area is 137 Å². The summed E-state index contributed by atoms with van der Waals surface area (Å²) in [5, 5.41) is 17.7. The number of halogens is 2. The monoisotopic (exact) mass is 339 g/mol. The zero-order chi connectivity index (χ0) is 16.1. The van der Waals surface area contributed by atoms with Crippen molar-refractivity contribution in [3.63, 3.8) is 0 Å². The van der Waals surface area contributed by atoms with Gasteiger partial charge in [-0.05, 0) is 30.7 Å². The number of benzene rings is 1. The van der Waals surface area contributed by atoms with Crippen LogP contribution in [0.5, 0.6) is 0 Å². The fraction of sp³-hybridized carbons (Fsp3) is 0.143. The maximum Gasteiger partial charge on any atom is 0.311 e. The van der Waals surface area contributed by atoms with Crippen molar-refractivity contribution in [2.45, 2.75) is 6.54 Å². The molecule has 22 heavy (non-hydrogen) atoms. The van der Waals surface area contributed by atoms with Gasteiger partial charge in [-0.25, -0.2) is 4.98 Å². The molecule has 1 aromatic carbocycles. The minimum Gasteiger partial charge on any atom is -0.366 e. The highest BCUT2D eigenvalue weighted by Crippen LogP contribution is 2.25. The molecule has 0 aliphatic rings. The van der Waals surface area contributed by atoms with Crippen LogP contribution in [0.3, 0.4) is 0 Å². The van der Waals surface area contributed by atoms with E-state index in [-0.39, 0.29) is 11.5 Å². The predicted molar refractivity (Wildman–Crippen MR) is 88.5 cm³/mol. The van der Waals surface area contributed by atoms with E-state index >= 15 is 0 Å². The van der Waals surface area contributed by atoms with Gasteiger partial charge in [0.05, 0.1) is 15.0 Å². The van der Waals surface area contributed by atoms with Gasteiger partial charge in [0.1, 0.15) is 5.82 Å². The molecule has 2 rings (SSSR count). The van der Waals surface area contributed by atoms with Crippen molar-refractivity contribution in [3.05, 3.63) is 63.0 Å². The van der Waals surface area contributed by atoms with E-state index in [9.17, 15) is 10.1 Å². The van der Waals surface area contributed by atoms with Crippen molar-refractivity contribution in [1.29, 1.82) is 0 Å². The third-order valence-corrected chi connectivity index (χ3v) is 3.56. The number of hydrogen-bond donors (Lipinski definition) is 2. The minimum atomic E-state index is -0.492. The summed E-state index contributed by atoms with van der Waals surface area (Å²) in [6, 6.07) is 8.23. The van der Waals surface area contributed by atoms with Crippen LogP contribution < -0.4 is 10.6 Å². The Hall–Kier alpha value is -2.05. The summed E-state index contributed by atoms with van der Waals surface area (Å²) in [6.45, 7) is 4.36. The maximum atomic E-state index is 10.9. The molecule has 0 fully saturated rings. The summed E-state index contributed by atoms with van der Waals surface area (Å²) in [4.78, 5) is 14.6. The molecule has 1 heterocycles. The lowest BCUT2D eigenvalue weighted by atomic mass is 10.2. The zero-order valence-electron chi connectivity index (χ0n) is 11.5. The molecule has 115 valence electrons. The topological polar surface area (TPSA) is 80.1 Å². The van der Waals surface area contributed by atoms with Crippen molar-refractivity contribution >= 4 is 40.5 Å². The number of rotatable bonds is 6. The maximum absolute atomic E-state index is 10.9. The summed E-state index contributed by atoms with van der Waals surface area (Å²) in [7, 11) is 0. The molecule has 0 aliphatic carbocycles. The largest absolute Gasteiger partial charge is 0.366 e. The van der Waals surface area contributed by atoms with E-state index < -0.39 is 4.92 Å². The molecule has 2 N–H and O–H groups in total. The Morgan fingerprint density at radius 3 is 2.59 bits per heavy atom. The Balaban J connectivity index is 2.14. The molecule has 0 spiro atoms. The third kappa shape index (κ3) is 3.99. The molecule has 6 nitrogen and oxygen atoms in total. The van der Waals surface area contributed by atoms with Crippen LogP contribution in [-0.4, -0.2) is 16.5 Å². The van der Waals surface area contributed by atoms with E-state index in [4.69, 9.17) is 23.2 Å². The van der Waals surface area contributed by atoms with Gasteiger partial charge in [-0.3, -0.25) is 10.1 Å². The predicted octanol–water partition coefficient (Wildman–Crippen LogP) is 4.15. The van der Waals surface area contributed by atoms with Gasteiger partial charge in [0.15, 0.2) is 0 Å². The Morgan fingerprint density at radius 1 is 1.18 bits per heavy atom. The molecular formula is C14H13Cl2N4O2. The lowest BCUT2D eigenvalue weighted by Gasteiger charge is -2.09. The highest BCUT2D eigenvalue weighted by molar-refractivity contribution is 6.42. The van der Waals surface area contributed by atoms with E-state index in [2.05, 4.69) is 22.5 Å². The lowest BCUT2D eigenvalue weighted by molar-refractivity contribution is -0.384. The molecule has 8 heteroatoms. The van der Waals surface area contributed by atoms with Crippen LogP contribution in [0, 0.1) is 17.0 Å². The normalized spacial score (nSPS) is 10.3. The highest BCUT2D eigenvalue weighted by Gasteiger charge is 2.15. The van der Waals surface area contributed by atoms with Crippen molar-refractivity contribution in [3.8, 4) is 0 Å². The minimum absolute atomic E-state index is 0.0938. The molecule has 2 aromatic rings. The first kappa shape index (κ1) is 16.3. The van der Waals surface area contributed by atoms with Crippen LogP contribution in [-0.2, 0) is 6.54 Å². The summed E-state index contributed by atoms with van der Waals surface area (Å²) in [6.07, 6.45) is 0.